The summed E-state index contributed by atoms with van der Waals surface area (Å²) < 4.78 is 38.0. The SMILES string of the molecule is O=C(c1ccc(C(F)(F)F)cc1)N1CCCN(C(=O)c2ccccc2Cl)CC1. The minimum absolute atomic E-state index is 0.193. The maximum Gasteiger partial charge on any atom is 0.416 e. The van der Waals surface area contributed by atoms with Crippen molar-refractivity contribution in [1.82, 2.24) is 9.80 Å². The summed E-state index contributed by atoms with van der Waals surface area (Å²) in [5.74, 6) is -0.546. The number of hydrogen-bond donors (Lipinski definition) is 0. The molecule has 148 valence electrons. The van der Waals surface area contributed by atoms with E-state index in [2.05, 4.69) is 0 Å². The number of benzene rings is 2. The van der Waals surface area contributed by atoms with E-state index in [9.17, 15) is 22.8 Å². The minimum atomic E-state index is -4.44. The maximum atomic E-state index is 12.7. The first-order valence-corrected chi connectivity index (χ1v) is 9.15. The molecule has 3 rings (SSSR count). The first kappa shape index (κ1) is 20.2. The summed E-state index contributed by atoms with van der Waals surface area (Å²) in [4.78, 5) is 28.5. The molecule has 2 aromatic rings. The molecule has 2 aromatic carbocycles. The fraction of sp³-hybridized carbons (Fsp3) is 0.300. The number of halogens is 4. The van der Waals surface area contributed by atoms with Crippen LogP contribution in [-0.4, -0.2) is 47.8 Å². The quantitative estimate of drug-likeness (QED) is 0.738. The Bertz CT molecular complexity index is 868. The van der Waals surface area contributed by atoms with Gasteiger partial charge in [0.2, 0.25) is 0 Å². The second-order valence-corrected chi connectivity index (χ2v) is 6.90. The lowest BCUT2D eigenvalue weighted by Crippen LogP contribution is -2.37. The molecular formula is C20H18ClF3N2O2. The Morgan fingerprint density at radius 1 is 0.821 bits per heavy atom. The average Bonchev–Trinajstić information content (AvgIpc) is 2.93. The minimum Gasteiger partial charge on any atom is -0.337 e. The number of amides is 2. The van der Waals surface area contributed by atoms with Crippen molar-refractivity contribution >= 4 is 23.4 Å². The molecule has 1 aliphatic heterocycles. The van der Waals surface area contributed by atoms with Crippen LogP contribution in [0.5, 0.6) is 0 Å². The third-order valence-electron chi connectivity index (χ3n) is 4.63. The highest BCUT2D eigenvalue weighted by Gasteiger charge is 2.31. The van der Waals surface area contributed by atoms with Crippen molar-refractivity contribution in [2.75, 3.05) is 26.2 Å². The van der Waals surface area contributed by atoms with Gasteiger partial charge >= 0.3 is 6.18 Å². The number of carbonyl (C=O) groups excluding carboxylic acids is 2. The molecule has 2 amide bonds. The zero-order chi connectivity index (χ0) is 20.3. The Balaban J connectivity index is 1.67. The van der Waals surface area contributed by atoms with Crippen LogP contribution in [0.15, 0.2) is 48.5 Å². The fourth-order valence-electron chi connectivity index (χ4n) is 3.11. The van der Waals surface area contributed by atoms with Crippen molar-refractivity contribution in [3.8, 4) is 0 Å². The average molecular weight is 411 g/mol. The predicted molar refractivity (Wildman–Crippen MR) is 99.3 cm³/mol. The summed E-state index contributed by atoms with van der Waals surface area (Å²) in [5.41, 5.74) is -0.193. The van der Waals surface area contributed by atoms with E-state index in [4.69, 9.17) is 11.6 Å². The van der Waals surface area contributed by atoms with Gasteiger partial charge in [0.05, 0.1) is 16.1 Å². The van der Waals surface area contributed by atoms with Gasteiger partial charge < -0.3 is 9.80 Å². The molecule has 1 heterocycles. The summed E-state index contributed by atoms with van der Waals surface area (Å²) in [7, 11) is 0. The van der Waals surface area contributed by atoms with Gasteiger partial charge in [-0.05, 0) is 42.8 Å². The Morgan fingerprint density at radius 3 is 1.96 bits per heavy atom. The number of nitrogens with zero attached hydrogens (tertiary/aromatic N) is 2. The van der Waals surface area contributed by atoms with Gasteiger partial charge in [-0.3, -0.25) is 9.59 Å². The lowest BCUT2D eigenvalue weighted by Gasteiger charge is -2.22. The van der Waals surface area contributed by atoms with Crippen molar-refractivity contribution in [3.63, 3.8) is 0 Å². The second-order valence-electron chi connectivity index (χ2n) is 6.49. The molecule has 0 spiro atoms. The number of carbonyl (C=O) groups is 2. The van der Waals surface area contributed by atoms with E-state index in [0.29, 0.717) is 43.2 Å². The van der Waals surface area contributed by atoms with Gasteiger partial charge in [-0.2, -0.15) is 13.2 Å². The molecule has 1 saturated heterocycles. The fourth-order valence-corrected chi connectivity index (χ4v) is 3.33. The molecular weight excluding hydrogens is 393 g/mol. The van der Waals surface area contributed by atoms with E-state index in [1.54, 1.807) is 34.1 Å². The zero-order valence-corrected chi connectivity index (χ0v) is 15.6. The lowest BCUT2D eigenvalue weighted by atomic mass is 10.1. The number of alkyl halides is 3. The van der Waals surface area contributed by atoms with Crippen LogP contribution >= 0.6 is 11.6 Å². The van der Waals surface area contributed by atoms with E-state index < -0.39 is 11.7 Å². The summed E-state index contributed by atoms with van der Waals surface area (Å²) >= 11 is 6.09. The number of rotatable bonds is 2. The van der Waals surface area contributed by atoms with Crippen LogP contribution in [0.4, 0.5) is 13.2 Å². The molecule has 28 heavy (non-hydrogen) atoms. The number of hydrogen-bond acceptors (Lipinski definition) is 2. The van der Waals surface area contributed by atoms with E-state index in [-0.39, 0.29) is 17.4 Å². The Labute approximate surface area is 165 Å². The maximum absolute atomic E-state index is 12.7. The first-order valence-electron chi connectivity index (χ1n) is 8.78. The smallest absolute Gasteiger partial charge is 0.337 e. The van der Waals surface area contributed by atoms with Crippen molar-refractivity contribution in [1.29, 1.82) is 0 Å². The summed E-state index contributed by atoms with van der Waals surface area (Å²) in [6.07, 6.45) is -3.87. The van der Waals surface area contributed by atoms with Crippen molar-refractivity contribution in [2.24, 2.45) is 0 Å². The van der Waals surface area contributed by atoms with E-state index in [0.717, 1.165) is 12.1 Å². The highest BCUT2D eigenvalue weighted by Crippen LogP contribution is 2.29. The predicted octanol–water partition coefficient (Wildman–Crippen LogP) is 4.35. The van der Waals surface area contributed by atoms with Crippen LogP contribution in [0, 0.1) is 0 Å². The van der Waals surface area contributed by atoms with Crippen LogP contribution < -0.4 is 0 Å². The monoisotopic (exact) mass is 410 g/mol. The van der Waals surface area contributed by atoms with Gasteiger partial charge in [0.1, 0.15) is 0 Å². The van der Waals surface area contributed by atoms with Crippen LogP contribution in [0.3, 0.4) is 0 Å². The molecule has 0 radical (unpaired) electrons. The van der Waals surface area contributed by atoms with Gasteiger partial charge in [0.25, 0.3) is 11.8 Å². The molecule has 0 aromatic heterocycles. The third-order valence-corrected chi connectivity index (χ3v) is 4.96. The Morgan fingerprint density at radius 2 is 1.39 bits per heavy atom. The molecule has 4 nitrogen and oxygen atoms in total. The standard InChI is InChI=1S/C20H18ClF3N2O2/c21-17-5-2-1-4-16(17)19(28)26-11-3-10-25(12-13-26)18(27)14-6-8-15(9-7-14)20(22,23)24/h1-2,4-9H,3,10-13H2. The molecule has 0 N–H and O–H groups in total. The summed E-state index contributed by atoms with van der Waals surface area (Å²) in [6, 6.07) is 10.9. The van der Waals surface area contributed by atoms with Crippen LogP contribution in [-0.2, 0) is 6.18 Å². The van der Waals surface area contributed by atoms with Gasteiger partial charge in [0.15, 0.2) is 0 Å². The third kappa shape index (κ3) is 4.47. The molecule has 0 aliphatic carbocycles. The van der Waals surface area contributed by atoms with Gasteiger partial charge in [0, 0.05) is 31.7 Å². The molecule has 0 atom stereocenters. The first-order chi connectivity index (χ1) is 13.3. The van der Waals surface area contributed by atoms with Crippen molar-refractivity contribution < 1.29 is 22.8 Å². The molecule has 8 heteroatoms. The van der Waals surface area contributed by atoms with Crippen LogP contribution in [0.1, 0.15) is 32.7 Å². The molecule has 1 fully saturated rings. The normalized spacial score (nSPS) is 15.3. The highest BCUT2D eigenvalue weighted by molar-refractivity contribution is 6.33. The topological polar surface area (TPSA) is 40.6 Å². The van der Waals surface area contributed by atoms with Crippen molar-refractivity contribution in [2.45, 2.75) is 12.6 Å². The summed E-state index contributed by atoms with van der Waals surface area (Å²) in [5, 5.41) is 0.370. The van der Waals surface area contributed by atoms with Gasteiger partial charge in [-0.25, -0.2) is 0 Å². The van der Waals surface area contributed by atoms with Crippen molar-refractivity contribution in [3.05, 3.63) is 70.2 Å². The van der Waals surface area contributed by atoms with Crippen LogP contribution in [0.2, 0.25) is 5.02 Å². The van der Waals surface area contributed by atoms with E-state index in [1.807, 2.05) is 0 Å². The lowest BCUT2D eigenvalue weighted by molar-refractivity contribution is -0.137. The molecule has 0 unspecified atom stereocenters. The van der Waals surface area contributed by atoms with Gasteiger partial charge in [-0.1, -0.05) is 23.7 Å². The largest absolute Gasteiger partial charge is 0.416 e. The second kappa shape index (κ2) is 8.22. The zero-order valence-electron chi connectivity index (χ0n) is 14.9. The highest BCUT2D eigenvalue weighted by atomic mass is 35.5. The molecule has 0 saturated carbocycles. The molecule has 1 aliphatic rings. The Kier molecular flexibility index (Phi) is 5.93. The molecule has 0 bridgehead atoms. The summed E-state index contributed by atoms with van der Waals surface area (Å²) in [6.45, 7) is 1.53. The Hall–Kier alpha value is -2.54. The van der Waals surface area contributed by atoms with E-state index >= 15 is 0 Å². The van der Waals surface area contributed by atoms with E-state index in [1.165, 1.54) is 12.1 Å². The van der Waals surface area contributed by atoms with Crippen LogP contribution in [0.25, 0.3) is 0 Å². The van der Waals surface area contributed by atoms with Gasteiger partial charge in [-0.15, -0.1) is 0 Å².